The highest BCUT2D eigenvalue weighted by atomic mass is 35.5. The van der Waals surface area contributed by atoms with Crippen molar-refractivity contribution >= 4 is 23.5 Å². The molecule has 0 radical (unpaired) electrons. The molecule has 1 aliphatic heterocycles. The Morgan fingerprint density at radius 1 is 1.19 bits per heavy atom. The highest BCUT2D eigenvalue weighted by Gasteiger charge is 2.32. The van der Waals surface area contributed by atoms with E-state index < -0.39 is 23.3 Å². The molecule has 1 fully saturated rings. The Bertz CT molecular complexity index is 952. The van der Waals surface area contributed by atoms with Crippen molar-refractivity contribution in [3.8, 4) is 5.88 Å². The van der Waals surface area contributed by atoms with Crippen LogP contribution in [-0.4, -0.2) is 47.3 Å². The van der Waals surface area contributed by atoms with Crippen molar-refractivity contribution in [3.63, 3.8) is 0 Å². The highest BCUT2D eigenvalue weighted by molar-refractivity contribution is 6.30. The van der Waals surface area contributed by atoms with E-state index in [2.05, 4.69) is 4.98 Å². The summed E-state index contributed by atoms with van der Waals surface area (Å²) in [6, 6.07) is 6.76. The van der Waals surface area contributed by atoms with Crippen LogP contribution in [0.15, 0.2) is 30.3 Å². The van der Waals surface area contributed by atoms with Gasteiger partial charge in [0, 0.05) is 42.3 Å². The van der Waals surface area contributed by atoms with Gasteiger partial charge >= 0.3 is 6.09 Å². The first-order valence-corrected chi connectivity index (χ1v) is 10.4. The average Bonchev–Trinajstić information content (AvgIpc) is 2.67. The monoisotopic (exact) mass is 453 g/mol. The van der Waals surface area contributed by atoms with E-state index in [0.29, 0.717) is 30.2 Å². The molecule has 0 N–H and O–H groups in total. The standard InChI is InChI=1S/C22H26ClF2N3O3/c1-14-12-27(9-10-28(14)21(29)31-22(2,3)4)20-17(24)7-8-19(26-20)30-13-15-5-6-16(23)11-18(15)25/h5-8,11,14H,9-10,12-13H2,1-4H3/t14-/m0/s1. The van der Waals surface area contributed by atoms with Gasteiger partial charge in [0.25, 0.3) is 0 Å². The number of amides is 1. The Morgan fingerprint density at radius 2 is 1.94 bits per heavy atom. The molecule has 6 nitrogen and oxygen atoms in total. The van der Waals surface area contributed by atoms with Crippen molar-refractivity contribution in [2.45, 2.75) is 45.9 Å². The Hall–Kier alpha value is -2.61. The molecule has 1 atom stereocenters. The zero-order chi connectivity index (χ0) is 22.8. The van der Waals surface area contributed by atoms with Gasteiger partial charge in [-0.3, -0.25) is 0 Å². The lowest BCUT2D eigenvalue weighted by Gasteiger charge is -2.40. The van der Waals surface area contributed by atoms with Crippen LogP contribution in [0.5, 0.6) is 5.88 Å². The normalized spacial score (nSPS) is 16.9. The summed E-state index contributed by atoms with van der Waals surface area (Å²) in [6.45, 7) is 8.40. The third kappa shape index (κ3) is 5.97. The van der Waals surface area contributed by atoms with E-state index in [1.54, 1.807) is 15.9 Å². The highest BCUT2D eigenvalue weighted by Crippen LogP contribution is 2.25. The fourth-order valence-electron chi connectivity index (χ4n) is 3.25. The number of anilines is 1. The van der Waals surface area contributed by atoms with Crippen molar-refractivity contribution in [2.75, 3.05) is 24.5 Å². The number of hydrogen-bond acceptors (Lipinski definition) is 5. The van der Waals surface area contributed by atoms with E-state index in [1.807, 2.05) is 27.7 Å². The summed E-state index contributed by atoms with van der Waals surface area (Å²) in [7, 11) is 0. The molecule has 0 spiro atoms. The maximum Gasteiger partial charge on any atom is 0.410 e. The summed E-state index contributed by atoms with van der Waals surface area (Å²) in [6.07, 6.45) is -0.393. The van der Waals surface area contributed by atoms with E-state index >= 15 is 0 Å². The van der Waals surface area contributed by atoms with Crippen LogP contribution in [0.3, 0.4) is 0 Å². The van der Waals surface area contributed by atoms with Crippen LogP contribution in [-0.2, 0) is 11.3 Å². The molecule has 0 unspecified atom stereocenters. The van der Waals surface area contributed by atoms with Gasteiger partial charge in [-0.2, -0.15) is 4.98 Å². The summed E-state index contributed by atoms with van der Waals surface area (Å²) < 4.78 is 39.4. The number of rotatable bonds is 4. The molecule has 1 aromatic heterocycles. The summed E-state index contributed by atoms with van der Waals surface area (Å²) in [5.41, 5.74) is -0.270. The van der Waals surface area contributed by atoms with Gasteiger partial charge in [0.05, 0.1) is 0 Å². The third-order valence-corrected chi connectivity index (χ3v) is 4.98. The minimum absolute atomic E-state index is 0.0656. The lowest BCUT2D eigenvalue weighted by atomic mass is 10.2. The minimum Gasteiger partial charge on any atom is -0.473 e. The number of benzene rings is 1. The second-order valence-corrected chi connectivity index (χ2v) is 8.88. The summed E-state index contributed by atoms with van der Waals surface area (Å²) >= 11 is 5.76. The molecule has 0 aliphatic carbocycles. The largest absolute Gasteiger partial charge is 0.473 e. The predicted octanol–water partition coefficient (Wildman–Crippen LogP) is 5.04. The topological polar surface area (TPSA) is 54.9 Å². The average molecular weight is 454 g/mol. The number of ether oxygens (including phenoxy) is 2. The summed E-state index contributed by atoms with van der Waals surface area (Å²) in [5, 5.41) is 0.295. The van der Waals surface area contributed by atoms with E-state index in [4.69, 9.17) is 21.1 Å². The summed E-state index contributed by atoms with van der Waals surface area (Å²) in [4.78, 5) is 20.0. The van der Waals surface area contributed by atoms with Crippen molar-refractivity contribution in [3.05, 3.63) is 52.6 Å². The quantitative estimate of drug-likeness (QED) is 0.649. The van der Waals surface area contributed by atoms with Crippen molar-refractivity contribution in [1.82, 2.24) is 9.88 Å². The van der Waals surface area contributed by atoms with Gasteiger partial charge < -0.3 is 19.3 Å². The second-order valence-electron chi connectivity index (χ2n) is 8.45. The molecule has 31 heavy (non-hydrogen) atoms. The Balaban J connectivity index is 1.67. The summed E-state index contributed by atoms with van der Waals surface area (Å²) in [5.74, 6) is -0.678. The van der Waals surface area contributed by atoms with Crippen LogP contribution in [0.2, 0.25) is 5.02 Å². The number of hydrogen-bond donors (Lipinski definition) is 0. The third-order valence-electron chi connectivity index (χ3n) is 4.75. The van der Waals surface area contributed by atoms with Gasteiger partial charge in [-0.15, -0.1) is 0 Å². The number of carbonyl (C=O) groups excluding carboxylic acids is 1. The molecular formula is C22H26ClF2N3O3. The van der Waals surface area contributed by atoms with Gasteiger partial charge in [0.2, 0.25) is 5.88 Å². The van der Waals surface area contributed by atoms with Crippen LogP contribution in [0.25, 0.3) is 0 Å². The molecule has 0 bridgehead atoms. The van der Waals surface area contributed by atoms with Gasteiger partial charge in [0.15, 0.2) is 11.6 Å². The molecular weight excluding hydrogens is 428 g/mol. The van der Waals surface area contributed by atoms with Crippen LogP contribution < -0.4 is 9.64 Å². The molecule has 2 aromatic rings. The van der Waals surface area contributed by atoms with E-state index in [0.717, 1.165) is 0 Å². The number of piperazine rings is 1. The first-order chi connectivity index (χ1) is 14.5. The Kier molecular flexibility index (Phi) is 6.89. The maximum atomic E-state index is 14.5. The first kappa shape index (κ1) is 23.1. The smallest absolute Gasteiger partial charge is 0.410 e. The molecule has 1 aromatic carbocycles. The minimum atomic E-state index is -0.586. The van der Waals surface area contributed by atoms with Gasteiger partial charge in [0.1, 0.15) is 18.0 Å². The molecule has 168 valence electrons. The Morgan fingerprint density at radius 3 is 2.58 bits per heavy atom. The molecule has 3 rings (SSSR count). The molecule has 1 aliphatic rings. The van der Waals surface area contributed by atoms with E-state index in [9.17, 15) is 13.6 Å². The number of nitrogens with zero attached hydrogens (tertiary/aromatic N) is 3. The van der Waals surface area contributed by atoms with Crippen LogP contribution in [0, 0.1) is 11.6 Å². The molecule has 9 heteroatoms. The van der Waals surface area contributed by atoms with Crippen LogP contribution >= 0.6 is 11.6 Å². The van der Waals surface area contributed by atoms with Gasteiger partial charge in [-0.05, 0) is 45.9 Å². The molecule has 2 heterocycles. The fraction of sp³-hybridized carbons (Fsp3) is 0.455. The second kappa shape index (κ2) is 9.26. The van der Waals surface area contributed by atoms with Crippen LogP contribution in [0.1, 0.15) is 33.3 Å². The first-order valence-electron chi connectivity index (χ1n) is 10.0. The van der Waals surface area contributed by atoms with E-state index in [1.165, 1.54) is 24.3 Å². The van der Waals surface area contributed by atoms with Crippen LogP contribution in [0.4, 0.5) is 19.4 Å². The predicted molar refractivity (Wildman–Crippen MR) is 115 cm³/mol. The van der Waals surface area contributed by atoms with Crippen molar-refractivity contribution in [2.24, 2.45) is 0 Å². The van der Waals surface area contributed by atoms with Gasteiger partial charge in [-0.1, -0.05) is 17.7 Å². The van der Waals surface area contributed by atoms with Crippen molar-refractivity contribution in [1.29, 1.82) is 0 Å². The zero-order valence-corrected chi connectivity index (χ0v) is 18.7. The number of carbonyl (C=O) groups is 1. The lowest BCUT2D eigenvalue weighted by Crippen LogP contribution is -2.55. The van der Waals surface area contributed by atoms with Gasteiger partial charge in [-0.25, -0.2) is 13.6 Å². The SMILES string of the molecule is C[C@H]1CN(c2nc(OCc3ccc(Cl)cc3F)ccc2F)CCN1C(=O)OC(C)(C)C. The lowest BCUT2D eigenvalue weighted by molar-refractivity contribution is 0.0158. The van der Waals surface area contributed by atoms with Crippen molar-refractivity contribution < 1.29 is 23.0 Å². The fourth-order valence-corrected chi connectivity index (χ4v) is 3.41. The number of halogens is 3. The maximum absolute atomic E-state index is 14.5. The Labute approximate surface area is 185 Å². The number of aromatic nitrogens is 1. The molecule has 0 saturated carbocycles. The van der Waals surface area contributed by atoms with E-state index in [-0.39, 0.29) is 24.3 Å². The molecule has 1 amide bonds. The zero-order valence-electron chi connectivity index (χ0n) is 18.0. The molecule has 1 saturated heterocycles. The number of pyridine rings is 1.